The van der Waals surface area contributed by atoms with Crippen molar-refractivity contribution < 1.29 is 9.47 Å². The number of aryl methyl sites for hydroxylation is 1. The summed E-state index contributed by atoms with van der Waals surface area (Å²) in [5, 5.41) is 14.6. The first-order valence-electron chi connectivity index (χ1n) is 8.77. The lowest BCUT2D eigenvalue weighted by atomic mass is 10.3. The van der Waals surface area contributed by atoms with Crippen molar-refractivity contribution in [1.82, 2.24) is 25.4 Å². The fourth-order valence-electron chi connectivity index (χ4n) is 2.13. The van der Waals surface area contributed by atoms with Crippen molar-refractivity contribution in [2.24, 2.45) is 4.99 Å². The lowest BCUT2D eigenvalue weighted by molar-refractivity contribution is 0.0690. The summed E-state index contributed by atoms with van der Waals surface area (Å²) in [6.07, 6.45) is 4.68. The van der Waals surface area contributed by atoms with Gasteiger partial charge >= 0.3 is 0 Å². The van der Waals surface area contributed by atoms with Crippen LogP contribution in [0.15, 0.2) is 11.3 Å². The van der Waals surface area contributed by atoms with Gasteiger partial charge in [0.25, 0.3) is 0 Å². The molecule has 0 saturated carbocycles. The first-order chi connectivity index (χ1) is 11.8. The minimum atomic E-state index is 0.652. The molecule has 138 valence electrons. The number of nitrogens with one attached hydrogen (secondary N) is 2. The molecule has 24 heavy (non-hydrogen) atoms. The van der Waals surface area contributed by atoms with Gasteiger partial charge in [-0.05, 0) is 19.8 Å². The lowest BCUT2D eigenvalue weighted by Gasteiger charge is -2.12. The number of unbranched alkanes of at least 4 members (excludes halogenated alkanes) is 1. The zero-order chi connectivity index (χ0) is 17.5. The Bertz CT molecular complexity index is 450. The van der Waals surface area contributed by atoms with Gasteiger partial charge in [-0.3, -0.25) is 4.99 Å². The van der Waals surface area contributed by atoms with Gasteiger partial charge in [-0.15, -0.1) is 10.2 Å². The molecule has 0 unspecified atom stereocenters. The van der Waals surface area contributed by atoms with E-state index in [4.69, 9.17) is 9.47 Å². The summed E-state index contributed by atoms with van der Waals surface area (Å²) < 4.78 is 12.4. The van der Waals surface area contributed by atoms with Crippen molar-refractivity contribution >= 4 is 5.96 Å². The van der Waals surface area contributed by atoms with Gasteiger partial charge < -0.3 is 24.7 Å². The van der Waals surface area contributed by atoms with Crippen LogP contribution in [0.4, 0.5) is 0 Å². The second kappa shape index (κ2) is 13.7. The van der Waals surface area contributed by atoms with Crippen molar-refractivity contribution in [2.45, 2.75) is 39.7 Å². The van der Waals surface area contributed by atoms with Crippen LogP contribution in [0.25, 0.3) is 0 Å². The molecule has 0 saturated heterocycles. The highest BCUT2D eigenvalue weighted by atomic mass is 16.5. The summed E-state index contributed by atoms with van der Waals surface area (Å²) in [6, 6.07) is 0. The highest BCUT2D eigenvalue weighted by Crippen LogP contribution is 1.95. The van der Waals surface area contributed by atoms with E-state index < -0.39 is 0 Å². The van der Waals surface area contributed by atoms with E-state index in [9.17, 15) is 0 Å². The lowest BCUT2D eigenvalue weighted by Crippen LogP contribution is -2.39. The van der Waals surface area contributed by atoms with Gasteiger partial charge in [0.05, 0.1) is 13.2 Å². The molecule has 0 aliphatic rings. The van der Waals surface area contributed by atoms with E-state index in [2.05, 4.69) is 44.2 Å². The number of rotatable bonds is 13. The average Bonchev–Trinajstić information content (AvgIpc) is 3.04. The third-order valence-electron chi connectivity index (χ3n) is 3.40. The fourth-order valence-corrected chi connectivity index (χ4v) is 2.13. The van der Waals surface area contributed by atoms with E-state index in [0.29, 0.717) is 13.2 Å². The number of ether oxygens (including phenoxy) is 2. The molecule has 0 aromatic carbocycles. The van der Waals surface area contributed by atoms with Gasteiger partial charge in [0.2, 0.25) is 0 Å². The Morgan fingerprint density at radius 1 is 1.21 bits per heavy atom. The van der Waals surface area contributed by atoms with E-state index in [1.165, 1.54) is 0 Å². The molecule has 0 fully saturated rings. The summed E-state index contributed by atoms with van der Waals surface area (Å²) in [5.74, 6) is 1.86. The maximum absolute atomic E-state index is 5.44. The van der Waals surface area contributed by atoms with E-state index in [1.807, 2.05) is 0 Å². The largest absolute Gasteiger partial charge is 0.382 e. The van der Waals surface area contributed by atoms with Crippen LogP contribution in [0.1, 0.15) is 32.5 Å². The summed E-state index contributed by atoms with van der Waals surface area (Å²) in [7, 11) is 1.68. The highest BCUT2D eigenvalue weighted by molar-refractivity contribution is 5.79. The Hall–Kier alpha value is -1.67. The third kappa shape index (κ3) is 8.83. The summed E-state index contributed by atoms with van der Waals surface area (Å²) in [5.41, 5.74) is 0. The molecule has 1 rings (SSSR count). The molecular weight excluding hydrogens is 308 g/mol. The topological polar surface area (TPSA) is 85.6 Å². The maximum Gasteiger partial charge on any atom is 0.191 e. The van der Waals surface area contributed by atoms with E-state index in [-0.39, 0.29) is 0 Å². The highest BCUT2D eigenvalue weighted by Gasteiger charge is 2.02. The van der Waals surface area contributed by atoms with Crippen molar-refractivity contribution in [1.29, 1.82) is 0 Å². The fraction of sp³-hybridized carbons (Fsp3) is 0.812. The van der Waals surface area contributed by atoms with Gasteiger partial charge in [0, 0.05) is 46.3 Å². The molecule has 8 nitrogen and oxygen atoms in total. The number of guanidine groups is 1. The number of hydrogen-bond donors (Lipinski definition) is 2. The minimum Gasteiger partial charge on any atom is -0.382 e. The molecule has 2 N–H and O–H groups in total. The smallest absolute Gasteiger partial charge is 0.191 e. The summed E-state index contributed by atoms with van der Waals surface area (Å²) in [6.45, 7) is 9.47. The number of hydrogen-bond acceptors (Lipinski definition) is 5. The van der Waals surface area contributed by atoms with Crippen molar-refractivity contribution in [3.05, 3.63) is 12.2 Å². The zero-order valence-corrected chi connectivity index (χ0v) is 15.3. The maximum atomic E-state index is 5.44. The van der Waals surface area contributed by atoms with Crippen LogP contribution < -0.4 is 10.6 Å². The number of methoxy groups -OCH3 is 1. The van der Waals surface area contributed by atoms with Gasteiger partial charge in [-0.2, -0.15) is 0 Å². The van der Waals surface area contributed by atoms with Crippen LogP contribution >= 0.6 is 0 Å². The molecule has 0 bridgehead atoms. The van der Waals surface area contributed by atoms with Crippen LogP contribution in [0, 0.1) is 0 Å². The van der Waals surface area contributed by atoms with Crippen molar-refractivity contribution in [2.75, 3.05) is 46.6 Å². The number of aromatic nitrogens is 3. The monoisotopic (exact) mass is 340 g/mol. The number of aliphatic imine (C=N–C) groups is 1. The van der Waals surface area contributed by atoms with Crippen LogP contribution in [-0.4, -0.2) is 67.3 Å². The van der Waals surface area contributed by atoms with Crippen molar-refractivity contribution in [3.8, 4) is 0 Å². The standard InChI is InChI=1S/C16H32N6O2/c1-4-15-21-20-14-22(15)10-9-19-16(17-5-2)18-8-6-7-11-24-13-12-23-3/h14H,4-13H2,1-3H3,(H2,17,18,19). The Morgan fingerprint density at radius 3 is 2.83 bits per heavy atom. The first-order valence-corrected chi connectivity index (χ1v) is 8.77. The molecule has 0 spiro atoms. The zero-order valence-electron chi connectivity index (χ0n) is 15.3. The summed E-state index contributed by atoms with van der Waals surface area (Å²) >= 11 is 0. The molecule has 1 heterocycles. The number of nitrogens with zero attached hydrogens (tertiary/aromatic N) is 4. The van der Waals surface area contributed by atoms with Gasteiger partial charge in [0.1, 0.15) is 12.2 Å². The van der Waals surface area contributed by atoms with Gasteiger partial charge in [-0.25, -0.2) is 0 Å². The van der Waals surface area contributed by atoms with E-state index in [1.54, 1.807) is 13.4 Å². The van der Waals surface area contributed by atoms with E-state index in [0.717, 1.165) is 63.8 Å². The van der Waals surface area contributed by atoms with Crippen LogP contribution in [-0.2, 0) is 22.4 Å². The quantitative estimate of drug-likeness (QED) is 0.314. The SMILES string of the molecule is CCNC(=NCCCCOCCOC)NCCn1cnnc1CC. The minimum absolute atomic E-state index is 0.652. The molecule has 0 radical (unpaired) electrons. The normalized spacial score (nSPS) is 11.7. The first kappa shape index (κ1) is 20.4. The molecule has 0 amide bonds. The van der Waals surface area contributed by atoms with Crippen molar-refractivity contribution in [3.63, 3.8) is 0 Å². The average molecular weight is 340 g/mol. The molecular formula is C16H32N6O2. The molecule has 1 aromatic heterocycles. The predicted molar refractivity (Wildman–Crippen MR) is 95.3 cm³/mol. The second-order valence-electron chi connectivity index (χ2n) is 5.29. The van der Waals surface area contributed by atoms with E-state index >= 15 is 0 Å². The predicted octanol–water partition coefficient (Wildman–Crippen LogP) is 0.839. The van der Waals surface area contributed by atoms with Crippen LogP contribution in [0.2, 0.25) is 0 Å². The second-order valence-corrected chi connectivity index (χ2v) is 5.29. The Balaban J connectivity index is 2.20. The molecule has 8 heteroatoms. The van der Waals surface area contributed by atoms with Crippen LogP contribution in [0.3, 0.4) is 0 Å². The molecule has 0 atom stereocenters. The Labute approximate surface area is 145 Å². The molecule has 0 aliphatic heterocycles. The van der Waals surface area contributed by atoms with Crippen LogP contribution in [0.5, 0.6) is 0 Å². The Morgan fingerprint density at radius 2 is 2.08 bits per heavy atom. The van der Waals surface area contributed by atoms with Gasteiger partial charge in [0.15, 0.2) is 5.96 Å². The Kier molecular flexibility index (Phi) is 11.7. The summed E-state index contributed by atoms with van der Waals surface area (Å²) in [4.78, 5) is 4.58. The third-order valence-corrected chi connectivity index (χ3v) is 3.40. The van der Waals surface area contributed by atoms with Gasteiger partial charge in [-0.1, -0.05) is 6.92 Å². The molecule has 1 aromatic rings. The molecule has 0 aliphatic carbocycles.